The third-order valence-electron chi connectivity index (χ3n) is 4.48. The van der Waals surface area contributed by atoms with Crippen molar-refractivity contribution in [2.45, 2.75) is 24.7 Å². The van der Waals surface area contributed by atoms with E-state index < -0.39 is 51.0 Å². The van der Waals surface area contributed by atoms with Crippen LogP contribution in [0.2, 0.25) is 0 Å². The normalized spacial score (nSPS) is 20.6. The van der Waals surface area contributed by atoms with Gasteiger partial charge >= 0.3 is 11.7 Å². The molecule has 0 amide bonds. The average Bonchev–Trinajstić information content (AvgIpc) is 3.06. The Morgan fingerprint density at radius 2 is 2.09 bits per heavy atom. The Balaban J connectivity index is 1.52. The molecule has 1 aromatic heterocycles. The van der Waals surface area contributed by atoms with Gasteiger partial charge in [-0.05, 0) is 29.8 Å². The quantitative estimate of drug-likeness (QED) is 0.323. The maximum atomic E-state index is 14.3. The molecule has 1 unspecified atom stereocenters. The molecule has 13 heteroatoms. The Morgan fingerprint density at radius 3 is 2.76 bits per heavy atom. The number of aromatic nitrogens is 2. The molecule has 1 saturated heterocycles. The van der Waals surface area contributed by atoms with E-state index in [0.717, 1.165) is 12.3 Å². The van der Waals surface area contributed by atoms with Gasteiger partial charge in [-0.1, -0.05) is 12.1 Å². The Bertz CT molecular complexity index is 1090. The summed E-state index contributed by atoms with van der Waals surface area (Å²) in [5, 5.41) is 0. The summed E-state index contributed by atoms with van der Waals surface area (Å²) in [5.74, 6) is -3.84. The molecular formula is C20H22F2N3O7P. The van der Waals surface area contributed by atoms with Gasteiger partial charge in [-0.2, -0.15) is 4.98 Å². The standard InChI is InChI=1S/C20H22F2N3O7P/c1-29-12-33(28)32-14-5-2-13(3-6-14)4-7-17(26)30-11-15-10-20(21,22)18(31-15)25-9-8-16(23)24-19(25)27/h2-9,15,18,33H,10-12H2,1H3,(H2,23,24,27)/t15-,18+/m0/s1. The van der Waals surface area contributed by atoms with Crippen molar-refractivity contribution in [1.29, 1.82) is 0 Å². The topological polar surface area (TPSA) is 132 Å². The van der Waals surface area contributed by atoms with Gasteiger partial charge in [-0.3, -0.25) is 9.13 Å². The Morgan fingerprint density at radius 1 is 1.36 bits per heavy atom. The first-order valence-corrected chi connectivity index (χ1v) is 11.2. The van der Waals surface area contributed by atoms with E-state index in [2.05, 4.69) is 4.98 Å². The monoisotopic (exact) mass is 485 g/mol. The molecule has 1 aliphatic heterocycles. The van der Waals surface area contributed by atoms with Gasteiger partial charge in [0.05, 0.1) is 0 Å². The van der Waals surface area contributed by atoms with Gasteiger partial charge < -0.3 is 24.5 Å². The minimum Gasteiger partial charge on any atom is -0.460 e. The van der Waals surface area contributed by atoms with Crippen LogP contribution in [0.4, 0.5) is 14.6 Å². The van der Waals surface area contributed by atoms with Crippen molar-refractivity contribution in [3.05, 3.63) is 58.7 Å². The zero-order valence-corrected chi connectivity index (χ0v) is 18.5. The fraction of sp³-hybridized carbons (Fsp3) is 0.350. The van der Waals surface area contributed by atoms with Crippen LogP contribution in [0.25, 0.3) is 6.08 Å². The number of anilines is 1. The summed E-state index contributed by atoms with van der Waals surface area (Å²) in [6.07, 6.45) is -0.0641. The highest BCUT2D eigenvalue weighted by molar-refractivity contribution is 7.39. The summed E-state index contributed by atoms with van der Waals surface area (Å²) in [6, 6.07) is 7.62. The minimum absolute atomic E-state index is 0.00313. The van der Waals surface area contributed by atoms with Crippen LogP contribution in [-0.2, 0) is 23.6 Å². The van der Waals surface area contributed by atoms with E-state index in [4.69, 9.17) is 24.5 Å². The van der Waals surface area contributed by atoms with E-state index >= 15 is 0 Å². The largest absolute Gasteiger partial charge is 0.460 e. The second kappa shape index (κ2) is 10.7. The van der Waals surface area contributed by atoms with E-state index in [-0.39, 0.29) is 12.2 Å². The van der Waals surface area contributed by atoms with Crippen LogP contribution in [0.1, 0.15) is 18.2 Å². The van der Waals surface area contributed by atoms with Crippen molar-refractivity contribution in [2.75, 3.05) is 25.8 Å². The molecule has 2 N–H and O–H groups in total. The Labute approximate surface area is 187 Å². The second-order valence-electron chi connectivity index (χ2n) is 7.06. The van der Waals surface area contributed by atoms with Gasteiger partial charge in [0.1, 0.15) is 30.6 Å². The number of esters is 1. The first-order chi connectivity index (χ1) is 15.7. The van der Waals surface area contributed by atoms with E-state index in [1.165, 1.54) is 19.3 Å². The fourth-order valence-corrected chi connectivity index (χ4v) is 3.71. The van der Waals surface area contributed by atoms with Crippen LogP contribution in [-0.4, -0.2) is 47.6 Å². The van der Waals surface area contributed by atoms with Crippen LogP contribution < -0.4 is 15.9 Å². The molecule has 0 bridgehead atoms. The second-order valence-corrected chi connectivity index (χ2v) is 8.29. The lowest BCUT2D eigenvalue weighted by atomic mass is 10.2. The van der Waals surface area contributed by atoms with Gasteiger partial charge in [-0.25, -0.2) is 18.4 Å². The maximum Gasteiger partial charge on any atom is 0.351 e. The predicted molar refractivity (Wildman–Crippen MR) is 114 cm³/mol. The number of benzene rings is 1. The molecule has 0 aliphatic carbocycles. The molecule has 3 rings (SSSR count). The molecule has 0 radical (unpaired) electrons. The fourth-order valence-electron chi connectivity index (χ4n) is 3.02. The number of alkyl halides is 2. The van der Waals surface area contributed by atoms with Crippen molar-refractivity contribution in [3.8, 4) is 5.75 Å². The number of carbonyl (C=O) groups is 1. The zero-order chi connectivity index (χ0) is 24.0. The molecule has 1 fully saturated rings. The molecule has 10 nitrogen and oxygen atoms in total. The van der Waals surface area contributed by atoms with E-state index in [1.807, 2.05) is 0 Å². The number of nitrogens with zero attached hydrogens (tertiary/aromatic N) is 2. The summed E-state index contributed by atoms with van der Waals surface area (Å²) in [7, 11) is -0.921. The van der Waals surface area contributed by atoms with Crippen LogP contribution in [0.5, 0.6) is 5.75 Å². The van der Waals surface area contributed by atoms with Crippen molar-refractivity contribution < 1.29 is 36.9 Å². The van der Waals surface area contributed by atoms with Crippen molar-refractivity contribution in [1.82, 2.24) is 9.55 Å². The number of hydrogen-bond acceptors (Lipinski definition) is 9. The zero-order valence-electron chi connectivity index (χ0n) is 17.5. The van der Waals surface area contributed by atoms with Crippen molar-refractivity contribution in [2.24, 2.45) is 0 Å². The summed E-state index contributed by atoms with van der Waals surface area (Å²) in [5.41, 5.74) is 5.03. The lowest BCUT2D eigenvalue weighted by Gasteiger charge is -2.19. The summed E-state index contributed by atoms with van der Waals surface area (Å²) in [4.78, 5) is 27.2. The number of rotatable bonds is 9. The lowest BCUT2D eigenvalue weighted by molar-refractivity contribution is -0.145. The molecule has 2 heterocycles. The smallest absolute Gasteiger partial charge is 0.351 e. The number of nitrogen functional groups attached to an aromatic ring is 1. The summed E-state index contributed by atoms with van der Waals surface area (Å²) in [6.45, 7) is -0.424. The molecule has 33 heavy (non-hydrogen) atoms. The number of nitrogens with two attached hydrogens (primary N) is 1. The highest BCUT2D eigenvalue weighted by atomic mass is 31.1. The molecule has 1 aromatic carbocycles. The molecule has 0 spiro atoms. The molecule has 2 aromatic rings. The lowest BCUT2D eigenvalue weighted by Crippen LogP contribution is -2.35. The van der Waals surface area contributed by atoms with Crippen LogP contribution >= 0.6 is 8.03 Å². The number of ether oxygens (including phenoxy) is 3. The summed E-state index contributed by atoms with van der Waals surface area (Å²) >= 11 is 0. The number of hydrogen-bond donors (Lipinski definition) is 1. The average molecular weight is 485 g/mol. The number of methoxy groups -OCH3 is 1. The van der Waals surface area contributed by atoms with Crippen molar-refractivity contribution >= 4 is 25.9 Å². The third-order valence-corrected chi connectivity index (χ3v) is 5.47. The molecule has 1 aliphatic rings. The van der Waals surface area contributed by atoms with Crippen molar-refractivity contribution in [3.63, 3.8) is 0 Å². The van der Waals surface area contributed by atoms with Gasteiger partial charge in [-0.15, -0.1) is 0 Å². The Kier molecular flexibility index (Phi) is 7.96. The SMILES string of the molecule is COC[PH](=O)Oc1ccc(C=CC(=O)OC[C@@H]2CC(F)(F)[C@H](n3ccc(N)nc3=O)O2)cc1. The maximum absolute atomic E-state index is 14.3. The molecule has 3 atom stereocenters. The van der Waals surface area contributed by atoms with Crippen LogP contribution in [0, 0.1) is 0 Å². The first-order valence-electron chi connectivity index (χ1n) is 9.70. The van der Waals surface area contributed by atoms with Crippen LogP contribution in [0.3, 0.4) is 0 Å². The molecule has 0 saturated carbocycles. The Hall–Kier alpha value is -3.08. The number of halogens is 2. The van der Waals surface area contributed by atoms with Gasteiger partial charge in [0.25, 0.3) is 14.0 Å². The van der Waals surface area contributed by atoms with Gasteiger partial charge in [0.2, 0.25) is 6.23 Å². The first kappa shape index (κ1) is 24.6. The van der Waals surface area contributed by atoms with Gasteiger partial charge in [0.15, 0.2) is 0 Å². The molecule has 178 valence electrons. The minimum atomic E-state index is -3.37. The van der Waals surface area contributed by atoms with Gasteiger partial charge in [0, 0.05) is 25.8 Å². The van der Waals surface area contributed by atoms with E-state index in [0.29, 0.717) is 15.9 Å². The predicted octanol–water partition coefficient (Wildman–Crippen LogP) is 2.46. The highest BCUT2D eigenvalue weighted by Crippen LogP contribution is 2.41. The highest BCUT2D eigenvalue weighted by Gasteiger charge is 2.52. The third kappa shape index (κ3) is 6.70. The van der Waals surface area contributed by atoms with Crippen LogP contribution in [0.15, 0.2) is 47.4 Å². The van der Waals surface area contributed by atoms with E-state index in [1.54, 1.807) is 24.3 Å². The number of carbonyl (C=O) groups excluding carboxylic acids is 1. The van der Waals surface area contributed by atoms with E-state index in [9.17, 15) is 22.9 Å². The summed E-state index contributed by atoms with van der Waals surface area (Å²) < 4.78 is 61.1. The molecular weight excluding hydrogens is 463 g/mol.